The maximum absolute atomic E-state index is 12.1. The molecule has 8 nitrogen and oxygen atoms in total. The van der Waals surface area contributed by atoms with E-state index in [9.17, 15) is 14.4 Å². The summed E-state index contributed by atoms with van der Waals surface area (Å²) in [7, 11) is 0. The molecule has 0 aliphatic rings. The zero-order chi connectivity index (χ0) is 20.1. The number of urea groups is 1. The van der Waals surface area contributed by atoms with Gasteiger partial charge in [-0.15, -0.1) is 11.3 Å². The number of hydrogen-bond donors (Lipinski definition) is 2. The minimum absolute atomic E-state index is 0.229. The van der Waals surface area contributed by atoms with Gasteiger partial charge in [-0.1, -0.05) is 0 Å². The molecule has 0 unspecified atom stereocenters. The molecule has 0 aliphatic carbocycles. The fraction of sp³-hybridized carbons (Fsp3) is 0.588. The molecule has 2 amide bonds. The summed E-state index contributed by atoms with van der Waals surface area (Å²) in [5.41, 5.74) is 1.07. The van der Waals surface area contributed by atoms with E-state index in [4.69, 9.17) is 14.3 Å². The second-order valence-electron chi connectivity index (χ2n) is 7.01. The highest BCUT2D eigenvalue weighted by molar-refractivity contribution is 7.15. The standard InChI is InChI=1S/C17H26N2O6S/c1-8-23-13(20)11-10(2)9-26-12(11)18-15(22)19-25-17(6,7)14(21)24-16(3,4)5/h9H,8H2,1-7H3,(H2,18,19,22). The van der Waals surface area contributed by atoms with E-state index in [1.807, 2.05) is 0 Å². The lowest BCUT2D eigenvalue weighted by Crippen LogP contribution is -2.46. The Morgan fingerprint density at radius 1 is 1.15 bits per heavy atom. The van der Waals surface area contributed by atoms with Gasteiger partial charge in [0, 0.05) is 0 Å². The summed E-state index contributed by atoms with van der Waals surface area (Å²) in [5, 5.41) is 4.58. The van der Waals surface area contributed by atoms with E-state index in [0.29, 0.717) is 16.1 Å². The molecule has 0 fully saturated rings. The third-order valence-corrected chi connectivity index (χ3v) is 3.98. The van der Waals surface area contributed by atoms with E-state index < -0.39 is 29.2 Å². The summed E-state index contributed by atoms with van der Waals surface area (Å²) in [5.74, 6) is -1.14. The maximum Gasteiger partial charge on any atom is 0.343 e. The number of amides is 2. The second-order valence-corrected chi connectivity index (χ2v) is 7.89. The Kier molecular flexibility index (Phi) is 7.16. The molecule has 0 bridgehead atoms. The highest BCUT2D eigenvalue weighted by atomic mass is 32.1. The van der Waals surface area contributed by atoms with Gasteiger partial charge in [0.2, 0.25) is 0 Å². The molecule has 0 radical (unpaired) electrons. The molecule has 1 heterocycles. The number of hydroxylamine groups is 1. The summed E-state index contributed by atoms with van der Waals surface area (Å²) in [6.07, 6.45) is 0. The van der Waals surface area contributed by atoms with Gasteiger partial charge in [0.05, 0.1) is 12.2 Å². The summed E-state index contributed by atoms with van der Waals surface area (Å²) in [4.78, 5) is 41.3. The van der Waals surface area contributed by atoms with Crippen LogP contribution in [0, 0.1) is 6.92 Å². The predicted molar refractivity (Wildman–Crippen MR) is 98.2 cm³/mol. The van der Waals surface area contributed by atoms with E-state index in [-0.39, 0.29) is 6.61 Å². The van der Waals surface area contributed by atoms with Crippen LogP contribution in [0.5, 0.6) is 0 Å². The molecule has 0 aromatic carbocycles. The van der Waals surface area contributed by atoms with Crippen LogP contribution in [0.4, 0.5) is 9.80 Å². The van der Waals surface area contributed by atoms with Crippen LogP contribution in [-0.4, -0.2) is 35.8 Å². The molecule has 0 saturated heterocycles. The Morgan fingerprint density at radius 3 is 2.31 bits per heavy atom. The van der Waals surface area contributed by atoms with Crippen molar-refractivity contribution in [1.29, 1.82) is 0 Å². The largest absolute Gasteiger partial charge is 0.462 e. The van der Waals surface area contributed by atoms with E-state index in [2.05, 4.69) is 10.8 Å². The van der Waals surface area contributed by atoms with Gasteiger partial charge in [0.25, 0.3) is 0 Å². The maximum atomic E-state index is 12.1. The van der Waals surface area contributed by atoms with Gasteiger partial charge in [-0.05, 0) is 59.4 Å². The van der Waals surface area contributed by atoms with Gasteiger partial charge >= 0.3 is 18.0 Å². The number of nitrogens with one attached hydrogen (secondary N) is 2. The van der Waals surface area contributed by atoms with Crippen molar-refractivity contribution in [2.75, 3.05) is 11.9 Å². The number of ether oxygens (including phenoxy) is 2. The molecule has 146 valence electrons. The number of thiophene rings is 1. The van der Waals surface area contributed by atoms with Crippen LogP contribution in [0.15, 0.2) is 5.38 Å². The van der Waals surface area contributed by atoms with Gasteiger partial charge < -0.3 is 9.47 Å². The number of carbonyl (C=O) groups excluding carboxylic acids is 3. The smallest absolute Gasteiger partial charge is 0.343 e. The Labute approximate surface area is 157 Å². The molecule has 0 atom stereocenters. The molecule has 0 saturated carbocycles. The molecule has 1 aromatic heterocycles. The van der Waals surface area contributed by atoms with E-state index in [1.54, 1.807) is 40.0 Å². The van der Waals surface area contributed by atoms with Crippen LogP contribution in [-0.2, 0) is 19.1 Å². The Balaban J connectivity index is 2.71. The average Bonchev–Trinajstić information content (AvgIpc) is 2.84. The van der Waals surface area contributed by atoms with Crippen LogP contribution in [0.3, 0.4) is 0 Å². The van der Waals surface area contributed by atoms with Crippen LogP contribution in [0.1, 0.15) is 57.5 Å². The van der Waals surface area contributed by atoms with Crippen LogP contribution < -0.4 is 10.8 Å². The van der Waals surface area contributed by atoms with E-state index in [0.717, 1.165) is 0 Å². The molecule has 1 rings (SSSR count). The first-order valence-electron chi connectivity index (χ1n) is 8.11. The SMILES string of the molecule is CCOC(=O)c1c(C)csc1NC(=O)NOC(C)(C)C(=O)OC(C)(C)C. The zero-order valence-electron chi connectivity index (χ0n) is 16.1. The van der Waals surface area contributed by atoms with Crippen LogP contribution in [0.2, 0.25) is 0 Å². The van der Waals surface area contributed by atoms with Gasteiger partial charge in [0.1, 0.15) is 10.6 Å². The van der Waals surface area contributed by atoms with Gasteiger partial charge in [-0.3, -0.25) is 10.2 Å². The van der Waals surface area contributed by atoms with Crippen molar-refractivity contribution in [1.82, 2.24) is 5.48 Å². The fourth-order valence-corrected chi connectivity index (χ4v) is 2.66. The number of carbonyl (C=O) groups is 3. The molecule has 0 aliphatic heterocycles. The summed E-state index contributed by atoms with van der Waals surface area (Å²) in [6.45, 7) is 11.8. The molecule has 26 heavy (non-hydrogen) atoms. The number of esters is 2. The number of hydrogen-bond acceptors (Lipinski definition) is 7. The van der Waals surface area contributed by atoms with Gasteiger partial charge in [0.15, 0.2) is 5.60 Å². The van der Waals surface area contributed by atoms with Crippen molar-refractivity contribution in [3.8, 4) is 0 Å². The van der Waals surface area contributed by atoms with Crippen molar-refractivity contribution in [3.05, 3.63) is 16.5 Å². The summed E-state index contributed by atoms with van der Waals surface area (Å²) >= 11 is 1.19. The Hall–Kier alpha value is -2.13. The highest BCUT2D eigenvalue weighted by Crippen LogP contribution is 2.28. The molecule has 1 aromatic rings. The van der Waals surface area contributed by atoms with E-state index in [1.165, 1.54) is 25.2 Å². The molecule has 9 heteroatoms. The first-order chi connectivity index (χ1) is 11.9. The second kappa shape index (κ2) is 8.50. The van der Waals surface area contributed by atoms with Crippen LogP contribution in [0.25, 0.3) is 0 Å². The zero-order valence-corrected chi connectivity index (χ0v) is 17.0. The first-order valence-corrected chi connectivity index (χ1v) is 8.99. The Bertz CT molecular complexity index is 675. The quantitative estimate of drug-likeness (QED) is 0.574. The van der Waals surface area contributed by atoms with Crippen molar-refractivity contribution in [3.63, 3.8) is 0 Å². The topological polar surface area (TPSA) is 103 Å². The third kappa shape index (κ3) is 6.30. The van der Waals surface area contributed by atoms with Gasteiger partial charge in [-0.25, -0.2) is 19.9 Å². The molecule has 0 spiro atoms. The van der Waals surface area contributed by atoms with Crippen molar-refractivity contribution in [2.24, 2.45) is 0 Å². The lowest BCUT2D eigenvalue weighted by molar-refractivity contribution is -0.184. The van der Waals surface area contributed by atoms with Gasteiger partial charge in [-0.2, -0.15) is 0 Å². The Morgan fingerprint density at radius 2 is 1.77 bits per heavy atom. The fourth-order valence-electron chi connectivity index (χ4n) is 1.74. The monoisotopic (exact) mass is 386 g/mol. The normalized spacial score (nSPS) is 11.7. The predicted octanol–water partition coefficient (Wildman–Crippen LogP) is 3.41. The number of anilines is 1. The van der Waals surface area contributed by atoms with E-state index >= 15 is 0 Å². The van der Waals surface area contributed by atoms with Crippen molar-refractivity contribution < 1.29 is 28.7 Å². The molecular weight excluding hydrogens is 360 g/mol. The lowest BCUT2D eigenvalue weighted by Gasteiger charge is -2.27. The van der Waals surface area contributed by atoms with Crippen LogP contribution >= 0.6 is 11.3 Å². The number of rotatable bonds is 6. The summed E-state index contributed by atoms with van der Waals surface area (Å²) in [6, 6.07) is -0.728. The summed E-state index contributed by atoms with van der Waals surface area (Å²) < 4.78 is 10.2. The molecule has 2 N–H and O–H groups in total. The lowest BCUT2D eigenvalue weighted by atomic mass is 10.1. The number of aryl methyl sites for hydroxylation is 1. The average molecular weight is 386 g/mol. The minimum Gasteiger partial charge on any atom is -0.462 e. The third-order valence-electron chi connectivity index (χ3n) is 2.97. The van der Waals surface area contributed by atoms with Crippen molar-refractivity contribution >= 4 is 34.3 Å². The molecular formula is C17H26N2O6S. The highest BCUT2D eigenvalue weighted by Gasteiger charge is 2.35. The van der Waals surface area contributed by atoms with Crippen molar-refractivity contribution in [2.45, 2.75) is 59.7 Å². The minimum atomic E-state index is -1.39. The first kappa shape index (κ1) is 21.9.